The second-order valence-corrected chi connectivity index (χ2v) is 7.67. The number of nitrogens with one attached hydrogen (secondary N) is 2. The minimum absolute atomic E-state index is 0. The zero-order valence-electron chi connectivity index (χ0n) is 17.3. The predicted molar refractivity (Wildman–Crippen MR) is 154 cm³/mol. The summed E-state index contributed by atoms with van der Waals surface area (Å²) in [6.45, 7) is 8.07. The van der Waals surface area contributed by atoms with Gasteiger partial charge in [-0.15, -0.1) is 0 Å². The zero-order valence-corrected chi connectivity index (χ0v) is 18.9. The van der Waals surface area contributed by atoms with Gasteiger partial charge in [0.05, 0.1) is 13.2 Å². The van der Waals surface area contributed by atoms with E-state index in [0.29, 0.717) is 26.3 Å². The number of thiophene rings is 2. The van der Waals surface area contributed by atoms with Crippen molar-refractivity contribution in [3.05, 3.63) is 44.8 Å². The van der Waals surface area contributed by atoms with E-state index in [1.165, 1.54) is 22.7 Å². The number of ether oxygens (including phenoxy) is 2. The van der Waals surface area contributed by atoms with Gasteiger partial charge in [-0.05, 0) is 35.7 Å². The first-order valence-corrected chi connectivity index (χ1v) is 11.8. The first kappa shape index (κ1) is 42.4. The monoisotopic (exact) mass is 520 g/mol. The molecular formula is C26H52N2O4S2. The molecule has 2 aromatic rings. The van der Waals surface area contributed by atoms with Gasteiger partial charge in [0.1, 0.15) is 0 Å². The van der Waals surface area contributed by atoms with E-state index in [1.54, 1.807) is 0 Å². The number of hydrogen-bond donors (Lipinski definition) is 2. The summed E-state index contributed by atoms with van der Waals surface area (Å²) in [6.07, 6.45) is 3.23. The third kappa shape index (κ3) is 20.8. The van der Waals surface area contributed by atoms with Crippen LogP contribution in [-0.2, 0) is 9.47 Å². The summed E-state index contributed by atoms with van der Waals surface area (Å²) >= 11 is 3.05. The molecule has 0 radical (unpaired) electrons. The molecule has 0 aliphatic rings. The Bertz CT molecular complexity index is 648. The normalized spacial score (nSPS) is 8.65. The Balaban J connectivity index is -0.000000144. The number of carbonyl (C=O) groups is 2. The van der Waals surface area contributed by atoms with Crippen LogP contribution in [0, 0.1) is 0 Å². The van der Waals surface area contributed by atoms with Crippen molar-refractivity contribution in [1.82, 2.24) is 10.6 Å². The molecule has 0 aromatic carbocycles. The Hall–Kier alpha value is -1.74. The van der Waals surface area contributed by atoms with Gasteiger partial charge in [-0.25, -0.2) is 0 Å². The average Bonchev–Trinajstić information content (AvgIpc) is 3.45. The van der Waals surface area contributed by atoms with E-state index >= 15 is 0 Å². The molecular weight excluding hydrogens is 468 g/mol. The molecule has 2 N–H and O–H groups in total. The van der Waals surface area contributed by atoms with Crippen LogP contribution >= 0.6 is 22.7 Å². The lowest BCUT2D eigenvalue weighted by atomic mass is 10.3. The molecule has 202 valence electrons. The summed E-state index contributed by atoms with van der Waals surface area (Å²) in [5.41, 5.74) is 1.46. The van der Waals surface area contributed by atoms with Gasteiger partial charge in [0.25, 0.3) is 11.8 Å². The number of unbranched alkanes of at least 4 members (excludes halogenated alkanes) is 1. The third-order valence-electron chi connectivity index (χ3n) is 3.62. The van der Waals surface area contributed by atoms with Crippen molar-refractivity contribution < 1.29 is 19.1 Å². The Morgan fingerprint density at radius 3 is 1.50 bits per heavy atom. The van der Waals surface area contributed by atoms with Crippen LogP contribution in [0.15, 0.2) is 33.7 Å². The van der Waals surface area contributed by atoms with Gasteiger partial charge in [-0.3, -0.25) is 9.59 Å². The molecule has 0 unspecified atom stereocenters. The first-order chi connectivity index (χ1) is 14.2. The van der Waals surface area contributed by atoms with Gasteiger partial charge >= 0.3 is 0 Å². The van der Waals surface area contributed by atoms with E-state index < -0.39 is 0 Å². The molecule has 0 bridgehead atoms. The molecule has 0 aliphatic carbocycles. The second-order valence-electron chi connectivity index (χ2n) is 6.11. The zero-order chi connectivity index (χ0) is 21.2. The van der Waals surface area contributed by atoms with Crippen molar-refractivity contribution in [3.63, 3.8) is 0 Å². The summed E-state index contributed by atoms with van der Waals surface area (Å²) in [7, 11) is 0. The predicted octanol–water partition coefficient (Wildman–Crippen LogP) is 7.38. The van der Waals surface area contributed by atoms with Crippen LogP contribution < -0.4 is 10.6 Å². The van der Waals surface area contributed by atoms with Crippen molar-refractivity contribution in [1.29, 1.82) is 0 Å². The molecule has 0 spiro atoms. The molecule has 2 heterocycles. The highest BCUT2D eigenvalue weighted by atomic mass is 32.1. The van der Waals surface area contributed by atoms with Crippen molar-refractivity contribution in [2.45, 2.75) is 70.2 Å². The van der Waals surface area contributed by atoms with Crippen molar-refractivity contribution in [2.24, 2.45) is 0 Å². The summed E-state index contributed by atoms with van der Waals surface area (Å²) in [4.78, 5) is 22.8. The van der Waals surface area contributed by atoms with Crippen LogP contribution in [-0.4, -0.2) is 51.3 Å². The Labute approximate surface area is 218 Å². The standard InChI is InChI=1S/C11H17NO2S.C10H15NO2S.5CH4/c1-2-3-6-14-7-5-12-11(13)10-4-8-15-9-10;1-2-5-13-6-4-11-10(12)9-3-7-14-8-9;;;;;/h4,8-9H,2-3,5-7H2,1H3,(H,12,13);3,7-8H,2,4-6H2,1H3,(H,11,12);5*1H4. The SMILES string of the molecule is C.C.C.C.C.CCCCOCCNC(=O)c1ccsc1.CCCOCCNC(=O)c1ccsc1. The van der Waals surface area contributed by atoms with Gasteiger partial charge < -0.3 is 20.1 Å². The molecule has 2 rings (SSSR count). The summed E-state index contributed by atoms with van der Waals surface area (Å²) in [6, 6.07) is 3.63. The van der Waals surface area contributed by atoms with E-state index in [0.717, 1.165) is 43.6 Å². The van der Waals surface area contributed by atoms with E-state index in [1.807, 2.05) is 33.7 Å². The Morgan fingerprint density at radius 2 is 1.15 bits per heavy atom. The summed E-state index contributed by atoms with van der Waals surface area (Å²) in [5.74, 6) is -0.0401. The van der Waals surface area contributed by atoms with E-state index in [2.05, 4.69) is 24.5 Å². The highest BCUT2D eigenvalue weighted by Gasteiger charge is 2.04. The molecule has 0 aliphatic heterocycles. The van der Waals surface area contributed by atoms with E-state index in [-0.39, 0.29) is 48.9 Å². The molecule has 2 aromatic heterocycles. The topological polar surface area (TPSA) is 76.7 Å². The van der Waals surface area contributed by atoms with Gasteiger partial charge in [0.15, 0.2) is 0 Å². The van der Waals surface area contributed by atoms with Crippen molar-refractivity contribution >= 4 is 34.5 Å². The number of amides is 2. The third-order valence-corrected chi connectivity index (χ3v) is 4.99. The number of carbonyl (C=O) groups excluding carboxylic acids is 2. The fourth-order valence-electron chi connectivity index (χ4n) is 2.06. The van der Waals surface area contributed by atoms with Crippen LogP contribution in [0.1, 0.15) is 91.0 Å². The maximum atomic E-state index is 11.4. The lowest BCUT2D eigenvalue weighted by molar-refractivity contribution is 0.0908. The maximum absolute atomic E-state index is 11.4. The van der Waals surface area contributed by atoms with Gasteiger partial charge in [-0.2, -0.15) is 22.7 Å². The van der Waals surface area contributed by atoms with Crippen LogP contribution in [0.4, 0.5) is 0 Å². The fraction of sp³-hybridized carbons (Fsp3) is 0.615. The molecule has 0 fully saturated rings. The van der Waals surface area contributed by atoms with Gasteiger partial charge in [-0.1, -0.05) is 57.4 Å². The lowest BCUT2D eigenvalue weighted by Gasteiger charge is -2.04. The first-order valence-electron chi connectivity index (χ1n) is 9.95. The van der Waals surface area contributed by atoms with Crippen LogP contribution in [0.3, 0.4) is 0 Å². The highest BCUT2D eigenvalue weighted by molar-refractivity contribution is 7.08. The maximum Gasteiger partial charge on any atom is 0.252 e. The Morgan fingerprint density at radius 1 is 0.706 bits per heavy atom. The van der Waals surface area contributed by atoms with E-state index in [9.17, 15) is 9.59 Å². The summed E-state index contributed by atoms with van der Waals surface area (Å²) < 4.78 is 10.6. The van der Waals surface area contributed by atoms with Crippen molar-refractivity contribution in [3.8, 4) is 0 Å². The molecule has 0 atom stereocenters. The molecule has 0 saturated heterocycles. The minimum Gasteiger partial charge on any atom is -0.380 e. The summed E-state index contributed by atoms with van der Waals surface area (Å²) in [5, 5.41) is 13.1. The molecule has 6 nitrogen and oxygen atoms in total. The van der Waals surface area contributed by atoms with Gasteiger partial charge in [0, 0.05) is 48.2 Å². The average molecular weight is 521 g/mol. The largest absolute Gasteiger partial charge is 0.380 e. The second kappa shape index (κ2) is 29.3. The smallest absolute Gasteiger partial charge is 0.252 e. The van der Waals surface area contributed by atoms with E-state index in [4.69, 9.17) is 9.47 Å². The lowest BCUT2D eigenvalue weighted by Crippen LogP contribution is -2.26. The molecule has 0 saturated carbocycles. The van der Waals surface area contributed by atoms with Crippen LogP contribution in [0.2, 0.25) is 0 Å². The quantitative estimate of drug-likeness (QED) is 0.270. The molecule has 2 amide bonds. The van der Waals surface area contributed by atoms with Gasteiger partial charge in [0.2, 0.25) is 0 Å². The van der Waals surface area contributed by atoms with Crippen LogP contribution in [0.5, 0.6) is 0 Å². The fourth-order valence-corrected chi connectivity index (χ4v) is 3.33. The Kier molecular flexibility index (Phi) is 36.5. The highest BCUT2D eigenvalue weighted by Crippen LogP contribution is 2.05. The van der Waals surface area contributed by atoms with Crippen LogP contribution in [0.25, 0.3) is 0 Å². The number of rotatable bonds is 13. The van der Waals surface area contributed by atoms with Crippen molar-refractivity contribution in [2.75, 3.05) is 39.5 Å². The molecule has 8 heteroatoms. The molecule has 34 heavy (non-hydrogen) atoms. The number of hydrogen-bond acceptors (Lipinski definition) is 6. The minimum atomic E-state index is -0.0219.